The van der Waals surface area contributed by atoms with E-state index in [2.05, 4.69) is 12.2 Å². The van der Waals surface area contributed by atoms with Gasteiger partial charge in [-0.25, -0.2) is 0 Å². The van der Waals surface area contributed by atoms with E-state index in [1.165, 1.54) is 0 Å². The van der Waals surface area contributed by atoms with Gasteiger partial charge in [-0.15, -0.1) is 0 Å². The lowest BCUT2D eigenvalue weighted by molar-refractivity contribution is -0.122. The molecule has 0 unspecified atom stereocenters. The summed E-state index contributed by atoms with van der Waals surface area (Å²) in [6, 6.07) is 9.83. The number of aliphatic hydroxyl groups is 1. The van der Waals surface area contributed by atoms with E-state index in [0.29, 0.717) is 19.6 Å². The van der Waals surface area contributed by atoms with E-state index < -0.39 is 0 Å². The molecule has 0 atom stereocenters. The average Bonchev–Trinajstić information content (AvgIpc) is 2.38. The number of aliphatic hydroxyl groups excluding tert-OH is 1. The Morgan fingerprint density at radius 3 is 2.61 bits per heavy atom. The third-order valence-corrected chi connectivity index (χ3v) is 2.66. The van der Waals surface area contributed by atoms with Crippen LogP contribution in [0, 0.1) is 0 Å². The van der Waals surface area contributed by atoms with Gasteiger partial charge in [-0.05, 0) is 18.5 Å². The van der Waals surface area contributed by atoms with Gasteiger partial charge in [-0.2, -0.15) is 0 Å². The Morgan fingerprint density at radius 2 is 2.00 bits per heavy atom. The molecule has 1 aromatic rings. The Bertz CT molecular complexity index is 335. The van der Waals surface area contributed by atoms with Crippen molar-refractivity contribution in [1.82, 2.24) is 10.2 Å². The van der Waals surface area contributed by atoms with E-state index in [1.807, 2.05) is 35.2 Å². The van der Waals surface area contributed by atoms with Crippen LogP contribution in [0.2, 0.25) is 0 Å². The molecule has 1 amide bonds. The van der Waals surface area contributed by atoms with Crippen molar-refractivity contribution in [3.63, 3.8) is 0 Å². The molecule has 18 heavy (non-hydrogen) atoms. The van der Waals surface area contributed by atoms with Crippen molar-refractivity contribution in [3.05, 3.63) is 35.9 Å². The molecule has 2 N–H and O–H groups in total. The SMILES string of the molecule is CCCN(CCO)CC(=O)NCc1ccccc1. The number of rotatable bonds is 8. The molecule has 0 aliphatic carbocycles. The standard InChI is InChI=1S/C14H22N2O2/c1-2-8-16(9-10-17)12-14(18)15-11-13-6-4-3-5-7-13/h3-7,17H,2,8-12H2,1H3,(H,15,18). The lowest BCUT2D eigenvalue weighted by Gasteiger charge is -2.19. The van der Waals surface area contributed by atoms with Gasteiger partial charge in [0.15, 0.2) is 0 Å². The van der Waals surface area contributed by atoms with Gasteiger partial charge in [0.1, 0.15) is 0 Å². The minimum Gasteiger partial charge on any atom is -0.395 e. The van der Waals surface area contributed by atoms with E-state index in [-0.39, 0.29) is 12.5 Å². The molecular formula is C14H22N2O2. The highest BCUT2D eigenvalue weighted by Crippen LogP contribution is 1.97. The van der Waals surface area contributed by atoms with Crippen molar-refractivity contribution in [1.29, 1.82) is 0 Å². The maximum atomic E-state index is 11.7. The minimum atomic E-state index is 0.000697. The summed E-state index contributed by atoms with van der Waals surface area (Å²) in [6.07, 6.45) is 0.978. The number of amides is 1. The Kier molecular flexibility index (Phi) is 7.06. The van der Waals surface area contributed by atoms with Crippen molar-refractivity contribution in [2.75, 3.05) is 26.2 Å². The summed E-state index contributed by atoms with van der Waals surface area (Å²) >= 11 is 0. The van der Waals surface area contributed by atoms with Crippen LogP contribution < -0.4 is 5.32 Å². The Morgan fingerprint density at radius 1 is 1.28 bits per heavy atom. The summed E-state index contributed by atoms with van der Waals surface area (Å²) in [7, 11) is 0. The molecular weight excluding hydrogens is 228 g/mol. The lowest BCUT2D eigenvalue weighted by Crippen LogP contribution is -2.38. The maximum Gasteiger partial charge on any atom is 0.234 e. The third kappa shape index (κ3) is 5.80. The molecule has 0 aromatic heterocycles. The van der Waals surface area contributed by atoms with Gasteiger partial charge in [0, 0.05) is 13.1 Å². The normalized spacial score (nSPS) is 10.6. The molecule has 0 radical (unpaired) electrons. The van der Waals surface area contributed by atoms with Crippen LogP contribution in [0.5, 0.6) is 0 Å². The summed E-state index contributed by atoms with van der Waals surface area (Å²) in [5.74, 6) is 0.000697. The number of carbonyl (C=O) groups excluding carboxylic acids is 1. The molecule has 0 saturated carbocycles. The number of hydrogen-bond donors (Lipinski definition) is 2. The van der Waals surface area contributed by atoms with Crippen LogP contribution in [-0.4, -0.2) is 42.2 Å². The van der Waals surface area contributed by atoms with Crippen LogP contribution in [0.25, 0.3) is 0 Å². The monoisotopic (exact) mass is 250 g/mol. The molecule has 1 aromatic carbocycles. The van der Waals surface area contributed by atoms with E-state index in [4.69, 9.17) is 5.11 Å². The zero-order valence-corrected chi connectivity index (χ0v) is 10.9. The van der Waals surface area contributed by atoms with Gasteiger partial charge in [-0.1, -0.05) is 37.3 Å². The second-order valence-corrected chi connectivity index (χ2v) is 4.26. The Hall–Kier alpha value is -1.39. The fourth-order valence-electron chi connectivity index (χ4n) is 1.78. The van der Waals surface area contributed by atoms with E-state index in [0.717, 1.165) is 18.5 Å². The fourth-order valence-corrected chi connectivity index (χ4v) is 1.78. The molecule has 100 valence electrons. The number of nitrogens with zero attached hydrogens (tertiary/aromatic N) is 1. The summed E-state index contributed by atoms with van der Waals surface area (Å²) in [5.41, 5.74) is 1.09. The first-order chi connectivity index (χ1) is 8.76. The minimum absolute atomic E-state index is 0.000697. The molecule has 4 heteroatoms. The molecule has 0 fully saturated rings. The first-order valence-electron chi connectivity index (χ1n) is 6.40. The summed E-state index contributed by atoms with van der Waals surface area (Å²) < 4.78 is 0. The third-order valence-electron chi connectivity index (χ3n) is 2.66. The second kappa shape index (κ2) is 8.66. The van der Waals surface area contributed by atoms with Crippen LogP contribution in [0.3, 0.4) is 0 Å². The van der Waals surface area contributed by atoms with Crippen LogP contribution in [0.1, 0.15) is 18.9 Å². The second-order valence-electron chi connectivity index (χ2n) is 4.26. The topological polar surface area (TPSA) is 52.6 Å². The molecule has 0 heterocycles. The van der Waals surface area contributed by atoms with Gasteiger partial charge in [0.05, 0.1) is 13.2 Å². The zero-order chi connectivity index (χ0) is 13.2. The molecule has 0 bridgehead atoms. The Labute approximate surface area is 109 Å². The van der Waals surface area contributed by atoms with E-state index in [1.54, 1.807) is 0 Å². The van der Waals surface area contributed by atoms with Gasteiger partial charge in [0.2, 0.25) is 5.91 Å². The summed E-state index contributed by atoms with van der Waals surface area (Å²) in [6.45, 7) is 4.43. The van der Waals surface area contributed by atoms with Crippen molar-refractivity contribution in [2.45, 2.75) is 19.9 Å². The number of benzene rings is 1. The average molecular weight is 250 g/mol. The number of hydrogen-bond acceptors (Lipinski definition) is 3. The molecule has 0 aliphatic rings. The first-order valence-corrected chi connectivity index (χ1v) is 6.40. The highest BCUT2D eigenvalue weighted by Gasteiger charge is 2.08. The van der Waals surface area contributed by atoms with E-state index >= 15 is 0 Å². The highest BCUT2D eigenvalue weighted by atomic mass is 16.3. The number of carbonyl (C=O) groups is 1. The molecule has 1 rings (SSSR count). The van der Waals surface area contributed by atoms with Gasteiger partial charge in [0.25, 0.3) is 0 Å². The predicted octanol–water partition coefficient (Wildman–Crippen LogP) is 1.01. The van der Waals surface area contributed by atoms with Gasteiger partial charge < -0.3 is 10.4 Å². The van der Waals surface area contributed by atoms with Crippen LogP contribution >= 0.6 is 0 Å². The summed E-state index contributed by atoms with van der Waals surface area (Å²) in [5, 5.41) is 11.8. The van der Waals surface area contributed by atoms with Crippen molar-refractivity contribution in [3.8, 4) is 0 Å². The predicted molar refractivity (Wildman–Crippen MR) is 72.1 cm³/mol. The smallest absolute Gasteiger partial charge is 0.234 e. The van der Waals surface area contributed by atoms with Crippen molar-refractivity contribution in [2.24, 2.45) is 0 Å². The zero-order valence-electron chi connectivity index (χ0n) is 10.9. The van der Waals surface area contributed by atoms with Crippen LogP contribution in [-0.2, 0) is 11.3 Å². The molecule has 4 nitrogen and oxygen atoms in total. The van der Waals surface area contributed by atoms with Crippen molar-refractivity contribution >= 4 is 5.91 Å². The van der Waals surface area contributed by atoms with Crippen LogP contribution in [0.4, 0.5) is 0 Å². The van der Waals surface area contributed by atoms with Gasteiger partial charge >= 0.3 is 0 Å². The fraction of sp³-hybridized carbons (Fsp3) is 0.500. The molecule has 0 spiro atoms. The molecule has 0 aliphatic heterocycles. The highest BCUT2D eigenvalue weighted by molar-refractivity contribution is 5.77. The van der Waals surface area contributed by atoms with E-state index in [9.17, 15) is 4.79 Å². The quantitative estimate of drug-likeness (QED) is 0.724. The van der Waals surface area contributed by atoms with Crippen LogP contribution in [0.15, 0.2) is 30.3 Å². The summed E-state index contributed by atoms with van der Waals surface area (Å²) in [4.78, 5) is 13.7. The molecule has 0 saturated heterocycles. The largest absolute Gasteiger partial charge is 0.395 e. The number of nitrogens with one attached hydrogen (secondary N) is 1. The lowest BCUT2D eigenvalue weighted by atomic mass is 10.2. The Balaban J connectivity index is 2.31. The van der Waals surface area contributed by atoms with Gasteiger partial charge in [-0.3, -0.25) is 9.69 Å². The van der Waals surface area contributed by atoms with Crippen molar-refractivity contribution < 1.29 is 9.90 Å². The first kappa shape index (κ1) is 14.7. The maximum absolute atomic E-state index is 11.7.